The summed E-state index contributed by atoms with van der Waals surface area (Å²) < 4.78 is 10.0. The quantitative estimate of drug-likeness (QED) is 0.541. The molecule has 0 atom stereocenters. The van der Waals surface area contributed by atoms with Crippen molar-refractivity contribution in [2.45, 2.75) is 41.5 Å². The Kier molecular flexibility index (Phi) is 7.32. The number of carbonyl (C=O) groups excluding carboxylic acids is 2. The summed E-state index contributed by atoms with van der Waals surface area (Å²) in [6.07, 6.45) is 0. The molecule has 0 saturated carbocycles. The summed E-state index contributed by atoms with van der Waals surface area (Å²) in [6.45, 7) is 11.6. The average molecular weight is 256 g/mol. The van der Waals surface area contributed by atoms with E-state index in [1.807, 2.05) is 27.7 Å². The van der Waals surface area contributed by atoms with Crippen molar-refractivity contribution in [1.82, 2.24) is 0 Å². The maximum Gasteiger partial charge on any atom is 0.334 e. The third-order valence-corrected chi connectivity index (χ3v) is 2.44. The second-order valence-corrected chi connectivity index (χ2v) is 4.58. The van der Waals surface area contributed by atoms with Crippen LogP contribution in [0.15, 0.2) is 11.1 Å². The second kappa shape index (κ2) is 7.90. The highest BCUT2D eigenvalue weighted by molar-refractivity contribution is 6.01. The maximum absolute atomic E-state index is 12.0. The Bertz CT molecular complexity index is 295. The Morgan fingerprint density at radius 2 is 1.06 bits per heavy atom. The summed E-state index contributed by atoms with van der Waals surface area (Å²) >= 11 is 0. The van der Waals surface area contributed by atoms with E-state index < -0.39 is 11.9 Å². The molecule has 0 amide bonds. The normalized spacial score (nSPS) is 12.4. The number of carbonyl (C=O) groups is 2. The zero-order valence-electron chi connectivity index (χ0n) is 12.2. The predicted octanol–water partition coefficient (Wildman–Crippen LogP) is 2.72. The fraction of sp³-hybridized carbons (Fsp3) is 0.714. The van der Waals surface area contributed by atoms with Crippen LogP contribution >= 0.6 is 0 Å². The van der Waals surface area contributed by atoms with E-state index in [9.17, 15) is 9.59 Å². The van der Waals surface area contributed by atoms with Gasteiger partial charge in [-0.2, -0.15) is 0 Å². The first-order chi connectivity index (χ1) is 8.36. The monoisotopic (exact) mass is 256 g/mol. The average Bonchev–Trinajstić information content (AvgIpc) is 2.24. The van der Waals surface area contributed by atoms with Crippen molar-refractivity contribution in [1.29, 1.82) is 0 Å². The molecule has 0 saturated heterocycles. The molecule has 0 aliphatic carbocycles. The van der Waals surface area contributed by atoms with Crippen molar-refractivity contribution in [3.8, 4) is 0 Å². The third kappa shape index (κ3) is 4.51. The van der Waals surface area contributed by atoms with Crippen LogP contribution in [0.1, 0.15) is 41.5 Å². The van der Waals surface area contributed by atoms with Gasteiger partial charge in [-0.05, 0) is 25.7 Å². The Balaban J connectivity index is 5.57. The Morgan fingerprint density at radius 1 is 0.778 bits per heavy atom. The lowest BCUT2D eigenvalue weighted by Gasteiger charge is -2.18. The van der Waals surface area contributed by atoms with Crippen LogP contribution in [0.25, 0.3) is 0 Å². The van der Waals surface area contributed by atoms with E-state index in [1.54, 1.807) is 13.8 Å². The van der Waals surface area contributed by atoms with Crippen LogP contribution in [0.5, 0.6) is 0 Å². The molecule has 4 heteroatoms. The minimum atomic E-state index is -0.427. The minimum Gasteiger partial charge on any atom is -0.463 e. The maximum atomic E-state index is 12.0. The highest BCUT2D eigenvalue weighted by Crippen LogP contribution is 2.24. The smallest absolute Gasteiger partial charge is 0.334 e. The standard InChI is InChI=1S/C14H24O4/c1-7-17-13(15)11(9(3)4)12(10(5)6)14(16)18-8-2/h9-10H,7-8H2,1-6H3. The minimum absolute atomic E-state index is 0.0779. The topological polar surface area (TPSA) is 52.6 Å². The van der Waals surface area contributed by atoms with Gasteiger partial charge in [-0.15, -0.1) is 0 Å². The molecular weight excluding hydrogens is 232 g/mol. The van der Waals surface area contributed by atoms with Crippen molar-refractivity contribution in [3.05, 3.63) is 11.1 Å². The summed E-state index contributed by atoms with van der Waals surface area (Å²) in [7, 11) is 0. The number of ether oxygens (including phenoxy) is 2. The zero-order valence-corrected chi connectivity index (χ0v) is 12.2. The number of hydrogen-bond acceptors (Lipinski definition) is 4. The number of hydrogen-bond donors (Lipinski definition) is 0. The summed E-state index contributed by atoms with van der Waals surface area (Å²) in [4.78, 5) is 23.9. The van der Waals surface area contributed by atoms with Gasteiger partial charge in [0.15, 0.2) is 0 Å². The van der Waals surface area contributed by atoms with Crippen molar-refractivity contribution < 1.29 is 19.1 Å². The molecule has 18 heavy (non-hydrogen) atoms. The fourth-order valence-corrected chi connectivity index (χ4v) is 1.73. The Morgan fingerprint density at radius 3 is 1.22 bits per heavy atom. The van der Waals surface area contributed by atoms with Gasteiger partial charge >= 0.3 is 11.9 Å². The molecule has 0 unspecified atom stereocenters. The summed E-state index contributed by atoms with van der Waals surface area (Å²) in [5.74, 6) is -1.01. The molecule has 0 spiro atoms. The van der Waals surface area contributed by atoms with Crippen LogP contribution in [0, 0.1) is 11.8 Å². The predicted molar refractivity (Wildman–Crippen MR) is 70.0 cm³/mol. The van der Waals surface area contributed by atoms with E-state index in [1.165, 1.54) is 0 Å². The van der Waals surface area contributed by atoms with Crippen LogP contribution < -0.4 is 0 Å². The first-order valence-electron chi connectivity index (χ1n) is 6.44. The molecule has 0 aromatic rings. The lowest BCUT2D eigenvalue weighted by Crippen LogP contribution is -2.22. The van der Waals surface area contributed by atoms with Gasteiger partial charge in [0.1, 0.15) is 0 Å². The lowest BCUT2D eigenvalue weighted by molar-refractivity contribution is -0.142. The van der Waals surface area contributed by atoms with E-state index in [2.05, 4.69) is 0 Å². The van der Waals surface area contributed by atoms with E-state index in [-0.39, 0.29) is 11.8 Å². The highest BCUT2D eigenvalue weighted by Gasteiger charge is 2.27. The molecule has 0 N–H and O–H groups in total. The van der Waals surface area contributed by atoms with E-state index in [0.29, 0.717) is 24.4 Å². The molecule has 0 rings (SSSR count). The highest BCUT2D eigenvalue weighted by atomic mass is 16.5. The van der Waals surface area contributed by atoms with Crippen LogP contribution in [0.3, 0.4) is 0 Å². The number of esters is 2. The van der Waals surface area contributed by atoms with Crippen LogP contribution in [0.2, 0.25) is 0 Å². The van der Waals surface area contributed by atoms with E-state index >= 15 is 0 Å². The Labute approximate surface area is 109 Å². The molecule has 0 radical (unpaired) electrons. The van der Waals surface area contributed by atoms with E-state index in [4.69, 9.17) is 9.47 Å². The van der Waals surface area contributed by atoms with Gasteiger partial charge in [0.2, 0.25) is 0 Å². The van der Waals surface area contributed by atoms with Gasteiger partial charge in [0, 0.05) is 0 Å². The summed E-state index contributed by atoms with van der Waals surface area (Å²) in [5, 5.41) is 0. The van der Waals surface area contributed by atoms with Crippen molar-refractivity contribution in [2.75, 3.05) is 13.2 Å². The summed E-state index contributed by atoms with van der Waals surface area (Å²) in [6, 6.07) is 0. The van der Waals surface area contributed by atoms with Gasteiger partial charge in [-0.25, -0.2) is 9.59 Å². The molecule has 104 valence electrons. The molecule has 0 aliphatic heterocycles. The first kappa shape index (κ1) is 16.7. The van der Waals surface area contributed by atoms with Crippen LogP contribution in [-0.4, -0.2) is 25.2 Å². The van der Waals surface area contributed by atoms with Gasteiger partial charge in [0.05, 0.1) is 24.4 Å². The van der Waals surface area contributed by atoms with E-state index in [0.717, 1.165) is 0 Å². The fourth-order valence-electron chi connectivity index (χ4n) is 1.73. The molecular formula is C14H24O4. The van der Waals surface area contributed by atoms with Gasteiger partial charge in [0.25, 0.3) is 0 Å². The Hall–Kier alpha value is -1.32. The molecule has 0 aliphatic rings. The van der Waals surface area contributed by atoms with Gasteiger partial charge in [-0.1, -0.05) is 27.7 Å². The molecule has 4 nitrogen and oxygen atoms in total. The van der Waals surface area contributed by atoms with Crippen LogP contribution in [-0.2, 0) is 19.1 Å². The molecule has 0 fully saturated rings. The van der Waals surface area contributed by atoms with Crippen molar-refractivity contribution >= 4 is 11.9 Å². The first-order valence-corrected chi connectivity index (χ1v) is 6.44. The molecule has 0 aromatic carbocycles. The second-order valence-electron chi connectivity index (χ2n) is 4.58. The van der Waals surface area contributed by atoms with Crippen molar-refractivity contribution in [2.24, 2.45) is 11.8 Å². The molecule has 0 aromatic heterocycles. The summed E-state index contributed by atoms with van der Waals surface area (Å²) in [5.41, 5.74) is 0.843. The van der Waals surface area contributed by atoms with Gasteiger partial charge < -0.3 is 9.47 Å². The largest absolute Gasteiger partial charge is 0.463 e. The molecule has 0 bridgehead atoms. The molecule has 0 heterocycles. The van der Waals surface area contributed by atoms with Gasteiger partial charge in [-0.3, -0.25) is 0 Å². The lowest BCUT2D eigenvalue weighted by atomic mass is 9.90. The number of rotatable bonds is 6. The SMILES string of the molecule is CCOC(=O)C(=C(C(=O)OCC)C(C)C)C(C)C. The van der Waals surface area contributed by atoms with Crippen LogP contribution in [0.4, 0.5) is 0 Å². The van der Waals surface area contributed by atoms with Crippen molar-refractivity contribution in [3.63, 3.8) is 0 Å². The third-order valence-electron chi connectivity index (χ3n) is 2.44. The zero-order chi connectivity index (χ0) is 14.3.